The Morgan fingerprint density at radius 2 is 2.00 bits per heavy atom. The molecule has 0 bridgehead atoms. The van der Waals surface area contributed by atoms with Gasteiger partial charge in [0.2, 0.25) is 0 Å². The van der Waals surface area contributed by atoms with E-state index in [4.69, 9.17) is 4.74 Å². The molecule has 21 heavy (non-hydrogen) atoms. The first-order chi connectivity index (χ1) is 10.2. The summed E-state index contributed by atoms with van der Waals surface area (Å²) in [4.78, 5) is 11.9. The van der Waals surface area contributed by atoms with Gasteiger partial charge in [-0.05, 0) is 31.0 Å². The van der Waals surface area contributed by atoms with Gasteiger partial charge in [0.25, 0.3) is 5.91 Å². The number of nitrogens with one attached hydrogen (secondary N) is 1. The average molecular weight is 286 g/mol. The number of nitrogens with zero attached hydrogens (tertiary/aromatic N) is 1. The predicted molar refractivity (Wildman–Crippen MR) is 83.2 cm³/mol. The van der Waals surface area contributed by atoms with Crippen molar-refractivity contribution in [3.05, 3.63) is 59.9 Å². The highest BCUT2D eigenvalue weighted by molar-refractivity contribution is 5.92. The second kappa shape index (κ2) is 7.64. The summed E-state index contributed by atoms with van der Waals surface area (Å²) in [7, 11) is 1.86. The molecule has 2 rings (SSSR count). The highest BCUT2D eigenvalue weighted by Crippen LogP contribution is 2.15. The summed E-state index contributed by atoms with van der Waals surface area (Å²) in [6.07, 6.45) is 2.74. The van der Waals surface area contributed by atoms with Crippen molar-refractivity contribution in [3.8, 4) is 0 Å². The molecule has 0 saturated heterocycles. The van der Waals surface area contributed by atoms with Crippen molar-refractivity contribution in [1.29, 1.82) is 0 Å². The van der Waals surface area contributed by atoms with Crippen LogP contribution in [-0.4, -0.2) is 23.6 Å². The maximum absolute atomic E-state index is 11.9. The average Bonchev–Trinajstić information content (AvgIpc) is 2.93. The fraction of sp³-hybridized carbons (Fsp3) is 0.353. The molecule has 0 radical (unpaired) electrons. The second-order valence-corrected chi connectivity index (χ2v) is 5.04. The van der Waals surface area contributed by atoms with Crippen LogP contribution in [-0.2, 0) is 11.8 Å². The van der Waals surface area contributed by atoms with Gasteiger partial charge in [0, 0.05) is 26.4 Å². The monoisotopic (exact) mass is 286 g/mol. The molecular weight excluding hydrogens is 264 g/mol. The number of carbonyl (C=O) groups excluding carboxylic acids is 1. The van der Waals surface area contributed by atoms with Crippen LogP contribution in [0.25, 0.3) is 0 Å². The van der Waals surface area contributed by atoms with Crippen LogP contribution in [0.4, 0.5) is 0 Å². The SMILES string of the molecule is CC(OCCCNC(=O)c1cccn1C)c1ccccc1. The fourth-order valence-corrected chi connectivity index (χ4v) is 2.14. The molecule has 1 aromatic carbocycles. The van der Waals surface area contributed by atoms with Gasteiger partial charge in [0.1, 0.15) is 5.69 Å². The summed E-state index contributed by atoms with van der Waals surface area (Å²) in [5.74, 6) is -0.0430. The number of aryl methyl sites for hydroxylation is 1. The van der Waals surface area contributed by atoms with E-state index in [9.17, 15) is 4.79 Å². The topological polar surface area (TPSA) is 43.3 Å². The number of hydrogen-bond donors (Lipinski definition) is 1. The molecule has 1 aromatic heterocycles. The zero-order valence-corrected chi connectivity index (χ0v) is 12.6. The molecule has 4 nitrogen and oxygen atoms in total. The van der Waals surface area contributed by atoms with Crippen LogP contribution in [0.5, 0.6) is 0 Å². The van der Waals surface area contributed by atoms with Gasteiger partial charge in [-0.3, -0.25) is 4.79 Å². The summed E-state index contributed by atoms with van der Waals surface area (Å²) in [6.45, 7) is 3.28. The Hall–Kier alpha value is -2.07. The molecule has 0 aliphatic rings. The van der Waals surface area contributed by atoms with Gasteiger partial charge in [0.05, 0.1) is 6.10 Å². The van der Waals surface area contributed by atoms with Gasteiger partial charge in [-0.25, -0.2) is 0 Å². The largest absolute Gasteiger partial charge is 0.374 e. The smallest absolute Gasteiger partial charge is 0.267 e. The third kappa shape index (κ3) is 4.46. The van der Waals surface area contributed by atoms with Crippen molar-refractivity contribution >= 4 is 5.91 Å². The second-order valence-electron chi connectivity index (χ2n) is 5.04. The van der Waals surface area contributed by atoms with E-state index < -0.39 is 0 Å². The molecule has 0 fully saturated rings. The van der Waals surface area contributed by atoms with Gasteiger partial charge < -0.3 is 14.6 Å². The molecule has 1 N–H and O–H groups in total. The lowest BCUT2D eigenvalue weighted by Crippen LogP contribution is -2.27. The van der Waals surface area contributed by atoms with Crippen molar-refractivity contribution in [2.45, 2.75) is 19.4 Å². The molecule has 2 aromatic rings. The highest BCUT2D eigenvalue weighted by atomic mass is 16.5. The first-order valence-corrected chi connectivity index (χ1v) is 7.24. The van der Waals surface area contributed by atoms with Crippen molar-refractivity contribution in [2.24, 2.45) is 7.05 Å². The summed E-state index contributed by atoms with van der Waals surface area (Å²) in [6, 6.07) is 13.8. The fourth-order valence-electron chi connectivity index (χ4n) is 2.14. The number of ether oxygens (including phenoxy) is 1. The molecule has 1 atom stereocenters. The molecular formula is C17H22N2O2. The van der Waals surface area contributed by atoms with Crippen molar-refractivity contribution in [1.82, 2.24) is 9.88 Å². The standard InChI is InChI=1S/C17H22N2O2/c1-14(15-8-4-3-5-9-15)21-13-7-11-18-17(20)16-10-6-12-19(16)2/h3-6,8-10,12,14H,7,11,13H2,1-2H3,(H,18,20). The first kappa shape index (κ1) is 15.3. The Morgan fingerprint density at radius 3 is 2.67 bits per heavy atom. The minimum Gasteiger partial charge on any atom is -0.374 e. The molecule has 0 aliphatic heterocycles. The Kier molecular flexibility index (Phi) is 5.58. The van der Waals surface area contributed by atoms with Crippen molar-refractivity contribution in [3.63, 3.8) is 0 Å². The highest BCUT2D eigenvalue weighted by Gasteiger charge is 2.08. The Morgan fingerprint density at radius 1 is 1.24 bits per heavy atom. The zero-order valence-electron chi connectivity index (χ0n) is 12.6. The molecule has 4 heteroatoms. The lowest BCUT2D eigenvalue weighted by Gasteiger charge is -2.13. The van der Waals surface area contributed by atoms with E-state index >= 15 is 0 Å². The third-order valence-corrected chi connectivity index (χ3v) is 3.42. The molecule has 0 aliphatic carbocycles. The van der Waals surface area contributed by atoms with Gasteiger partial charge in [-0.1, -0.05) is 30.3 Å². The normalized spacial score (nSPS) is 12.1. The van der Waals surface area contributed by atoms with Crippen LogP contribution in [0, 0.1) is 0 Å². The van der Waals surface area contributed by atoms with Crippen LogP contribution >= 0.6 is 0 Å². The van der Waals surface area contributed by atoms with Crippen LogP contribution < -0.4 is 5.32 Å². The third-order valence-electron chi connectivity index (χ3n) is 3.42. The number of rotatable bonds is 7. The van der Waals surface area contributed by atoms with Gasteiger partial charge in [-0.15, -0.1) is 0 Å². The van der Waals surface area contributed by atoms with E-state index in [2.05, 4.69) is 17.4 Å². The van der Waals surface area contributed by atoms with Gasteiger partial charge in [-0.2, -0.15) is 0 Å². The predicted octanol–water partition coefficient (Wildman–Crippen LogP) is 2.92. The summed E-state index contributed by atoms with van der Waals surface area (Å²) >= 11 is 0. The van der Waals surface area contributed by atoms with Crippen LogP contribution in [0.1, 0.15) is 35.5 Å². The van der Waals surface area contributed by atoms with Gasteiger partial charge >= 0.3 is 0 Å². The van der Waals surface area contributed by atoms with Crippen LogP contribution in [0.2, 0.25) is 0 Å². The maximum Gasteiger partial charge on any atom is 0.267 e. The Balaban J connectivity index is 1.64. The van der Waals surface area contributed by atoms with E-state index in [0.717, 1.165) is 6.42 Å². The van der Waals surface area contributed by atoms with E-state index in [1.807, 2.05) is 55.1 Å². The zero-order chi connectivity index (χ0) is 15.1. The van der Waals surface area contributed by atoms with E-state index in [-0.39, 0.29) is 12.0 Å². The lowest BCUT2D eigenvalue weighted by molar-refractivity contribution is 0.0634. The van der Waals surface area contributed by atoms with E-state index in [0.29, 0.717) is 18.8 Å². The Bertz CT molecular complexity index is 563. The van der Waals surface area contributed by atoms with E-state index in [1.54, 1.807) is 0 Å². The molecule has 112 valence electrons. The number of hydrogen-bond acceptors (Lipinski definition) is 2. The first-order valence-electron chi connectivity index (χ1n) is 7.24. The number of amides is 1. The number of aromatic nitrogens is 1. The molecule has 1 heterocycles. The molecule has 0 spiro atoms. The maximum atomic E-state index is 11.9. The molecule has 0 saturated carbocycles. The number of carbonyl (C=O) groups is 1. The number of benzene rings is 1. The molecule has 1 unspecified atom stereocenters. The minimum absolute atomic E-state index is 0.0430. The quantitative estimate of drug-likeness (QED) is 0.795. The van der Waals surface area contributed by atoms with E-state index in [1.165, 1.54) is 5.56 Å². The van der Waals surface area contributed by atoms with Crippen molar-refractivity contribution in [2.75, 3.05) is 13.2 Å². The van der Waals surface area contributed by atoms with Crippen LogP contribution in [0.15, 0.2) is 48.7 Å². The summed E-state index contributed by atoms with van der Waals surface area (Å²) < 4.78 is 7.58. The molecule has 1 amide bonds. The lowest BCUT2D eigenvalue weighted by atomic mass is 10.1. The van der Waals surface area contributed by atoms with Crippen LogP contribution in [0.3, 0.4) is 0 Å². The summed E-state index contributed by atoms with van der Waals surface area (Å²) in [5.41, 5.74) is 1.85. The Labute approximate surface area is 125 Å². The minimum atomic E-state index is -0.0430. The summed E-state index contributed by atoms with van der Waals surface area (Å²) in [5, 5.41) is 2.90. The van der Waals surface area contributed by atoms with Gasteiger partial charge in [0.15, 0.2) is 0 Å². The van der Waals surface area contributed by atoms with Crippen molar-refractivity contribution < 1.29 is 9.53 Å².